The van der Waals surface area contributed by atoms with Gasteiger partial charge in [0.15, 0.2) is 12.7 Å². The molecule has 2 aromatic heterocycles. The molecule has 1 fully saturated rings. The van der Waals surface area contributed by atoms with Gasteiger partial charge in [-0.15, -0.1) is 0 Å². The topological polar surface area (TPSA) is 165 Å². The molecular weight excluding hydrogens is 300 g/mol. The Labute approximate surface area is 121 Å². The van der Waals surface area contributed by atoms with E-state index in [2.05, 4.69) is 9.97 Å². The lowest BCUT2D eigenvalue weighted by atomic mass is 10.1. The minimum absolute atomic E-state index is 0.0808. The number of hydrogen-bond donors (Lipinski definition) is 4. The van der Waals surface area contributed by atoms with Gasteiger partial charge in [-0.1, -0.05) is 4.98 Å². The Bertz CT molecular complexity index is 784. The fourth-order valence-electron chi connectivity index (χ4n) is 2.46. The predicted molar refractivity (Wildman–Crippen MR) is 64.4 cm³/mol. The monoisotopic (exact) mass is 312 g/mol. The molecule has 1 aliphatic rings. The van der Waals surface area contributed by atoms with Crippen LogP contribution in [0.2, 0.25) is 0 Å². The molecule has 4 atom stereocenters. The third kappa shape index (κ3) is 1.99. The van der Waals surface area contributed by atoms with Crippen molar-refractivity contribution in [2.75, 3.05) is 6.61 Å². The van der Waals surface area contributed by atoms with Crippen LogP contribution in [-0.4, -0.2) is 60.9 Å². The largest absolute Gasteiger partial charge is 0.517 e. The zero-order chi connectivity index (χ0) is 16.0. The first kappa shape index (κ1) is 14.6. The molecule has 0 aliphatic carbocycles. The fourth-order valence-corrected chi connectivity index (χ4v) is 2.46. The predicted octanol–water partition coefficient (Wildman–Crippen LogP) is -4.18. The molecule has 11 nitrogen and oxygen atoms in total. The molecule has 22 heavy (non-hydrogen) atoms. The van der Waals surface area contributed by atoms with Crippen LogP contribution in [0.4, 0.5) is 4.79 Å². The van der Waals surface area contributed by atoms with Crippen molar-refractivity contribution in [3.8, 4) is 0 Å². The highest BCUT2D eigenvalue weighted by Gasteiger charge is 2.46. The molecule has 3 rings (SSSR count). The zero-order valence-electron chi connectivity index (χ0n) is 11.0. The molecule has 0 unspecified atom stereocenters. The van der Waals surface area contributed by atoms with Gasteiger partial charge in [0.05, 0.1) is 6.61 Å². The second kappa shape index (κ2) is 5.14. The van der Waals surface area contributed by atoms with Crippen molar-refractivity contribution in [3.63, 3.8) is 0 Å². The second-order valence-electron chi connectivity index (χ2n) is 4.79. The molecule has 0 amide bonds. The number of carbonyl (C=O) groups is 1. The number of ether oxygens (including phenoxy) is 1. The SMILES string of the molecule is O=C([O-])n1c[n+]([C@@H]2O[C@H](CO)[C@@H](O)[C@H]2O)c2nc[nH]c(=O)c21. The molecule has 0 radical (unpaired) electrons. The Morgan fingerprint density at radius 3 is 2.82 bits per heavy atom. The van der Waals surface area contributed by atoms with Crippen LogP contribution in [0.25, 0.3) is 11.2 Å². The summed E-state index contributed by atoms with van der Waals surface area (Å²) in [6.45, 7) is -0.539. The summed E-state index contributed by atoms with van der Waals surface area (Å²) in [6.07, 6.45) is -4.73. The molecule has 118 valence electrons. The van der Waals surface area contributed by atoms with E-state index >= 15 is 0 Å². The Balaban J connectivity index is 2.18. The Hall–Kier alpha value is -2.34. The van der Waals surface area contributed by atoms with Gasteiger partial charge in [0.25, 0.3) is 5.56 Å². The van der Waals surface area contributed by atoms with E-state index < -0.39 is 42.8 Å². The third-order valence-electron chi connectivity index (χ3n) is 3.52. The van der Waals surface area contributed by atoms with Crippen LogP contribution < -0.4 is 15.2 Å². The Morgan fingerprint density at radius 1 is 1.50 bits per heavy atom. The fraction of sp³-hybridized carbons (Fsp3) is 0.455. The van der Waals surface area contributed by atoms with Crippen molar-refractivity contribution < 1.29 is 34.5 Å². The number of carbonyl (C=O) groups excluding carboxylic acids is 1. The molecule has 1 saturated heterocycles. The number of aliphatic hydroxyl groups excluding tert-OH is 3. The van der Waals surface area contributed by atoms with Gasteiger partial charge in [-0.3, -0.25) is 9.78 Å². The number of fused-ring (bicyclic) bond motifs is 1. The number of aliphatic hydroxyl groups is 3. The smallest absolute Gasteiger partial charge is 0.311 e. The van der Waals surface area contributed by atoms with E-state index in [1.165, 1.54) is 0 Å². The molecule has 3 heterocycles. The number of imidazole rings is 1. The normalized spacial score (nSPS) is 28.3. The highest BCUT2D eigenvalue weighted by molar-refractivity contribution is 5.79. The number of carboxylic acid groups (broad SMARTS) is 1. The summed E-state index contributed by atoms with van der Waals surface area (Å²) in [7, 11) is 0. The van der Waals surface area contributed by atoms with E-state index in [4.69, 9.17) is 9.84 Å². The van der Waals surface area contributed by atoms with Crippen LogP contribution in [0.5, 0.6) is 0 Å². The van der Waals surface area contributed by atoms with Gasteiger partial charge < -0.3 is 30.0 Å². The third-order valence-corrected chi connectivity index (χ3v) is 3.52. The molecule has 11 heteroatoms. The van der Waals surface area contributed by atoms with Crippen molar-refractivity contribution in [2.24, 2.45) is 0 Å². The van der Waals surface area contributed by atoms with Crippen molar-refractivity contribution in [1.82, 2.24) is 14.5 Å². The van der Waals surface area contributed by atoms with E-state index in [0.717, 1.165) is 17.2 Å². The lowest BCUT2D eigenvalue weighted by Gasteiger charge is -2.11. The van der Waals surface area contributed by atoms with Gasteiger partial charge in [0.1, 0.15) is 18.3 Å². The standard InChI is InChI=1S/C11H12N4O7/c16-1-4-6(17)7(18)10(22-4)15-3-14(11(20)21)5-8(15)12-2-13-9(5)19/h2-4,6-7,10,16-18H,1H2,(H-,12,13,19,20,21)/t4-,6-,7-,10-/m1/s1. The van der Waals surface area contributed by atoms with Crippen LogP contribution in [0.15, 0.2) is 17.4 Å². The van der Waals surface area contributed by atoms with E-state index in [1.54, 1.807) is 0 Å². The maximum atomic E-state index is 11.8. The average molecular weight is 312 g/mol. The summed E-state index contributed by atoms with van der Waals surface area (Å²) < 4.78 is 6.91. The number of nitrogens with zero attached hydrogens (tertiary/aromatic N) is 3. The lowest BCUT2D eigenvalue weighted by Crippen LogP contribution is -2.46. The van der Waals surface area contributed by atoms with Crippen LogP contribution in [0.1, 0.15) is 6.23 Å². The molecule has 0 aromatic carbocycles. The summed E-state index contributed by atoms with van der Waals surface area (Å²) in [6, 6.07) is 0. The highest BCUT2D eigenvalue weighted by Crippen LogP contribution is 2.26. The van der Waals surface area contributed by atoms with Gasteiger partial charge in [-0.05, 0) is 0 Å². The number of H-pyrrole nitrogens is 1. The number of rotatable bonds is 2. The maximum absolute atomic E-state index is 11.8. The van der Waals surface area contributed by atoms with Crippen molar-refractivity contribution >= 4 is 17.3 Å². The van der Waals surface area contributed by atoms with Gasteiger partial charge in [0, 0.05) is 0 Å². The molecule has 0 bridgehead atoms. The first-order valence-electron chi connectivity index (χ1n) is 6.29. The summed E-state index contributed by atoms with van der Waals surface area (Å²) in [5.74, 6) is 0. The van der Waals surface area contributed by atoms with Crippen LogP contribution in [-0.2, 0) is 4.74 Å². The van der Waals surface area contributed by atoms with Crippen LogP contribution in [0.3, 0.4) is 0 Å². The van der Waals surface area contributed by atoms with E-state index in [-0.39, 0.29) is 11.2 Å². The van der Waals surface area contributed by atoms with Gasteiger partial charge in [0.2, 0.25) is 17.8 Å². The minimum atomic E-state index is -1.67. The maximum Gasteiger partial charge on any atom is 0.311 e. The first-order chi connectivity index (χ1) is 10.5. The Morgan fingerprint density at radius 2 is 2.23 bits per heavy atom. The van der Waals surface area contributed by atoms with Crippen molar-refractivity contribution in [3.05, 3.63) is 23.0 Å². The van der Waals surface area contributed by atoms with Crippen LogP contribution in [0, 0.1) is 0 Å². The first-order valence-corrected chi connectivity index (χ1v) is 6.29. The number of nitrogens with one attached hydrogen (secondary N) is 1. The summed E-state index contributed by atoms with van der Waals surface area (Å²) in [5.41, 5.74) is -1.11. The Kier molecular flexibility index (Phi) is 3.41. The van der Waals surface area contributed by atoms with E-state index in [9.17, 15) is 24.9 Å². The summed E-state index contributed by atoms with van der Waals surface area (Å²) in [4.78, 5) is 29.0. The number of hydrogen-bond acceptors (Lipinski definition) is 8. The van der Waals surface area contributed by atoms with Crippen molar-refractivity contribution in [1.29, 1.82) is 0 Å². The second-order valence-corrected chi connectivity index (χ2v) is 4.79. The molecule has 2 aromatic rings. The molecule has 0 spiro atoms. The van der Waals surface area contributed by atoms with Crippen LogP contribution >= 0.6 is 0 Å². The van der Waals surface area contributed by atoms with Gasteiger partial charge in [-0.2, -0.15) is 0 Å². The quantitative estimate of drug-likeness (QED) is 0.405. The zero-order valence-corrected chi connectivity index (χ0v) is 11.0. The van der Waals surface area contributed by atoms with E-state index in [0.29, 0.717) is 4.57 Å². The lowest BCUT2D eigenvalue weighted by molar-refractivity contribution is -0.745. The van der Waals surface area contributed by atoms with Gasteiger partial charge in [-0.25, -0.2) is 9.13 Å². The summed E-state index contributed by atoms with van der Waals surface area (Å²) in [5, 5.41) is 40.0. The van der Waals surface area contributed by atoms with Crippen molar-refractivity contribution in [2.45, 2.75) is 24.5 Å². The minimum Gasteiger partial charge on any atom is -0.517 e. The molecule has 1 aliphatic heterocycles. The number of aromatic nitrogens is 4. The summed E-state index contributed by atoms with van der Waals surface area (Å²) >= 11 is 0. The number of aromatic amines is 1. The highest BCUT2D eigenvalue weighted by atomic mass is 16.6. The molecular formula is C11H12N4O7. The molecule has 4 N–H and O–H groups in total. The molecule has 0 saturated carbocycles. The van der Waals surface area contributed by atoms with E-state index in [1.807, 2.05) is 0 Å². The van der Waals surface area contributed by atoms with Gasteiger partial charge >= 0.3 is 5.65 Å². The average Bonchev–Trinajstić information content (AvgIpc) is 3.00.